The van der Waals surface area contributed by atoms with Crippen LogP contribution in [-0.2, 0) is 9.53 Å². The molecule has 2 aromatic carbocycles. The minimum Gasteiger partial charge on any atom is -0.380 e. The topological polar surface area (TPSA) is 92.3 Å². The second-order valence-electron chi connectivity index (χ2n) is 7.91. The average molecular weight is 484 g/mol. The molecule has 0 bridgehead atoms. The van der Waals surface area contributed by atoms with Gasteiger partial charge in [-0.15, -0.1) is 0 Å². The van der Waals surface area contributed by atoms with Crippen molar-refractivity contribution in [2.45, 2.75) is 6.42 Å². The number of benzene rings is 2. The Balaban J connectivity index is 0.00000176. The van der Waals surface area contributed by atoms with Gasteiger partial charge in [0.2, 0.25) is 5.91 Å². The van der Waals surface area contributed by atoms with Gasteiger partial charge in [0.15, 0.2) is 0 Å². The van der Waals surface area contributed by atoms with Gasteiger partial charge in [0, 0.05) is 48.4 Å². The number of nitrogens with two attached hydrogens (primary N) is 1. The lowest BCUT2D eigenvalue weighted by Gasteiger charge is -2.22. The van der Waals surface area contributed by atoms with Crippen molar-refractivity contribution in [2.75, 3.05) is 43.6 Å². The molecule has 7 nitrogen and oxygen atoms in total. The van der Waals surface area contributed by atoms with E-state index in [-0.39, 0.29) is 5.91 Å². The Morgan fingerprint density at radius 3 is 2.69 bits per heavy atom. The number of hydrogen-bond donors (Lipinski definition) is 2. The molecule has 1 heterocycles. The van der Waals surface area contributed by atoms with Crippen molar-refractivity contribution < 1.29 is 9.53 Å². The SMILES string of the molecule is C=CC(=O)Nc1cccc(C2=CC=C/C(=C/N=C)C2=Nc2ccc(N3CCCOCC3)cc2)c1.CN. The van der Waals surface area contributed by atoms with E-state index in [2.05, 4.69) is 46.4 Å². The zero-order valence-corrected chi connectivity index (χ0v) is 20.7. The van der Waals surface area contributed by atoms with Crippen molar-refractivity contribution in [3.63, 3.8) is 0 Å². The van der Waals surface area contributed by atoms with Gasteiger partial charge >= 0.3 is 0 Å². The van der Waals surface area contributed by atoms with Crippen LogP contribution >= 0.6 is 0 Å². The normalized spacial score (nSPS) is 17.5. The Bertz CT molecular complexity index is 1180. The van der Waals surface area contributed by atoms with Crippen LogP contribution in [0.3, 0.4) is 0 Å². The van der Waals surface area contributed by atoms with Crippen molar-refractivity contribution in [3.05, 3.63) is 96.8 Å². The van der Waals surface area contributed by atoms with E-state index < -0.39 is 0 Å². The van der Waals surface area contributed by atoms with E-state index in [1.807, 2.05) is 54.6 Å². The van der Waals surface area contributed by atoms with Crippen molar-refractivity contribution in [1.29, 1.82) is 0 Å². The Morgan fingerprint density at radius 1 is 1.14 bits per heavy atom. The molecule has 0 unspecified atom stereocenters. The van der Waals surface area contributed by atoms with Crippen molar-refractivity contribution in [3.8, 4) is 0 Å². The summed E-state index contributed by atoms with van der Waals surface area (Å²) in [5.74, 6) is -0.254. The van der Waals surface area contributed by atoms with Crippen LogP contribution in [0, 0.1) is 0 Å². The fourth-order valence-electron chi connectivity index (χ4n) is 3.95. The number of ether oxygens (including phenoxy) is 1. The summed E-state index contributed by atoms with van der Waals surface area (Å²) in [5, 5.41) is 2.82. The molecule has 0 spiro atoms. The van der Waals surface area contributed by atoms with E-state index in [1.165, 1.54) is 18.8 Å². The minimum atomic E-state index is -0.254. The van der Waals surface area contributed by atoms with Crippen LogP contribution < -0.4 is 16.0 Å². The van der Waals surface area contributed by atoms with E-state index in [1.54, 1.807) is 6.20 Å². The summed E-state index contributed by atoms with van der Waals surface area (Å²) in [6.07, 6.45) is 9.92. The van der Waals surface area contributed by atoms with Crippen molar-refractivity contribution in [2.24, 2.45) is 15.7 Å². The zero-order valence-electron chi connectivity index (χ0n) is 20.7. The van der Waals surface area contributed by atoms with Gasteiger partial charge in [-0.1, -0.05) is 36.9 Å². The fraction of sp³-hybridized carbons (Fsp3) is 0.207. The minimum absolute atomic E-state index is 0.254. The third kappa shape index (κ3) is 6.97. The number of carbonyl (C=O) groups is 1. The number of nitrogens with zero attached hydrogens (tertiary/aromatic N) is 3. The standard InChI is InChI=1S/C28H28N4O2.CH5N/c1-3-27(33)30-24-9-4-7-21(19-24)26-10-5-8-22(20-29-2)28(26)31-23-11-13-25(14-12-23)32-15-6-17-34-18-16-32;1-2/h3-5,7-14,19-20H,1-2,6,15-18H2,(H,30,33);2H2,1H3/b22-20-,31-28?;. The molecular formula is C29H33N5O2. The summed E-state index contributed by atoms with van der Waals surface area (Å²) in [6.45, 7) is 10.6. The second-order valence-corrected chi connectivity index (χ2v) is 7.91. The average Bonchev–Trinajstić information content (AvgIpc) is 3.21. The van der Waals surface area contributed by atoms with E-state index in [0.717, 1.165) is 60.8 Å². The van der Waals surface area contributed by atoms with Gasteiger partial charge in [0.05, 0.1) is 18.0 Å². The predicted octanol–water partition coefficient (Wildman–Crippen LogP) is 4.92. The number of aliphatic imine (C=N–C) groups is 2. The van der Waals surface area contributed by atoms with Gasteiger partial charge in [-0.25, -0.2) is 4.99 Å². The molecule has 1 fully saturated rings. The summed E-state index contributed by atoms with van der Waals surface area (Å²) >= 11 is 0. The highest BCUT2D eigenvalue weighted by Crippen LogP contribution is 2.30. The molecule has 0 saturated carbocycles. The molecule has 1 amide bonds. The quantitative estimate of drug-likeness (QED) is 0.450. The van der Waals surface area contributed by atoms with Crippen LogP contribution in [0.2, 0.25) is 0 Å². The summed E-state index contributed by atoms with van der Waals surface area (Å²) in [7, 11) is 1.50. The van der Waals surface area contributed by atoms with Crippen molar-refractivity contribution >= 4 is 41.0 Å². The maximum atomic E-state index is 11.8. The zero-order chi connectivity index (χ0) is 25.8. The summed E-state index contributed by atoms with van der Waals surface area (Å²) in [5.41, 5.74) is 10.7. The molecule has 4 rings (SSSR count). The van der Waals surface area contributed by atoms with E-state index >= 15 is 0 Å². The molecule has 2 aliphatic rings. The lowest BCUT2D eigenvalue weighted by molar-refractivity contribution is -0.111. The molecule has 1 aliphatic carbocycles. The van der Waals surface area contributed by atoms with E-state index in [0.29, 0.717) is 5.69 Å². The van der Waals surface area contributed by atoms with Crippen LogP contribution in [0.25, 0.3) is 5.57 Å². The highest BCUT2D eigenvalue weighted by atomic mass is 16.5. The van der Waals surface area contributed by atoms with Gasteiger partial charge in [-0.3, -0.25) is 9.79 Å². The predicted molar refractivity (Wildman–Crippen MR) is 151 cm³/mol. The molecule has 0 atom stereocenters. The van der Waals surface area contributed by atoms with Crippen LogP contribution in [0.15, 0.2) is 101 Å². The van der Waals surface area contributed by atoms with E-state index in [4.69, 9.17) is 9.73 Å². The van der Waals surface area contributed by atoms with Gasteiger partial charge in [-0.2, -0.15) is 0 Å². The first-order valence-electron chi connectivity index (χ1n) is 11.9. The number of rotatable bonds is 6. The molecule has 7 heteroatoms. The molecule has 1 aliphatic heterocycles. The number of amides is 1. The molecule has 36 heavy (non-hydrogen) atoms. The molecule has 186 valence electrons. The van der Waals surface area contributed by atoms with Gasteiger partial charge in [0.1, 0.15) is 0 Å². The molecule has 0 radical (unpaired) electrons. The summed E-state index contributed by atoms with van der Waals surface area (Å²) < 4.78 is 5.57. The van der Waals surface area contributed by atoms with Gasteiger partial charge in [0.25, 0.3) is 0 Å². The van der Waals surface area contributed by atoms with Crippen LogP contribution in [0.4, 0.5) is 17.1 Å². The number of nitrogens with one attached hydrogen (secondary N) is 1. The van der Waals surface area contributed by atoms with Gasteiger partial charge in [-0.05, 0) is 68.2 Å². The third-order valence-electron chi connectivity index (χ3n) is 5.60. The second kappa shape index (κ2) is 13.7. The highest BCUT2D eigenvalue weighted by Gasteiger charge is 2.17. The molecule has 1 saturated heterocycles. The van der Waals surface area contributed by atoms with Crippen LogP contribution in [-0.4, -0.2) is 51.7 Å². The van der Waals surface area contributed by atoms with Gasteiger partial charge < -0.3 is 20.7 Å². The Labute approximate surface area is 213 Å². The first kappa shape index (κ1) is 26.5. The first-order valence-corrected chi connectivity index (χ1v) is 11.9. The monoisotopic (exact) mass is 483 g/mol. The number of carbonyl (C=O) groups excluding carboxylic acids is 1. The van der Waals surface area contributed by atoms with E-state index in [9.17, 15) is 4.79 Å². The summed E-state index contributed by atoms with van der Waals surface area (Å²) in [4.78, 5) is 23.1. The highest BCUT2D eigenvalue weighted by molar-refractivity contribution is 6.34. The molecule has 3 N–H and O–H groups in total. The largest absolute Gasteiger partial charge is 0.380 e. The third-order valence-corrected chi connectivity index (χ3v) is 5.60. The van der Waals surface area contributed by atoms with Crippen LogP contribution in [0.5, 0.6) is 0 Å². The number of anilines is 2. The Hall–Kier alpha value is -4.07. The summed E-state index contributed by atoms with van der Waals surface area (Å²) in [6, 6.07) is 15.9. The Kier molecular flexibility index (Phi) is 10.1. The van der Waals surface area contributed by atoms with Crippen molar-refractivity contribution in [1.82, 2.24) is 0 Å². The molecular weight excluding hydrogens is 450 g/mol. The maximum Gasteiger partial charge on any atom is 0.247 e. The fourth-order valence-corrected chi connectivity index (χ4v) is 3.95. The molecule has 0 aromatic heterocycles. The molecule has 2 aromatic rings. The lowest BCUT2D eigenvalue weighted by Crippen LogP contribution is -2.25. The number of allylic oxidation sites excluding steroid dienone is 5. The number of hydrogen-bond acceptors (Lipinski definition) is 6. The maximum absolute atomic E-state index is 11.8. The first-order chi connectivity index (χ1) is 17.7. The Morgan fingerprint density at radius 2 is 1.94 bits per heavy atom. The van der Waals surface area contributed by atoms with Crippen LogP contribution in [0.1, 0.15) is 12.0 Å². The lowest BCUT2D eigenvalue weighted by atomic mass is 9.91. The smallest absolute Gasteiger partial charge is 0.247 e.